The minimum atomic E-state index is -1.25. The highest BCUT2D eigenvalue weighted by Crippen LogP contribution is 2.37. The predicted molar refractivity (Wildman–Crippen MR) is 160 cm³/mol. The van der Waals surface area contributed by atoms with Gasteiger partial charge in [0.25, 0.3) is 5.69 Å². The fourth-order valence-corrected chi connectivity index (χ4v) is 4.79. The van der Waals surface area contributed by atoms with Crippen LogP contribution in [-0.4, -0.2) is 54.8 Å². The van der Waals surface area contributed by atoms with Crippen LogP contribution in [0.25, 0.3) is 11.3 Å². The maximum absolute atomic E-state index is 12.4. The summed E-state index contributed by atoms with van der Waals surface area (Å²) in [4.78, 5) is 35.1. The topological polar surface area (TPSA) is 187 Å². The summed E-state index contributed by atoms with van der Waals surface area (Å²) in [6.45, 7) is 3.44. The lowest BCUT2D eigenvalue weighted by Gasteiger charge is -2.28. The Kier molecular flexibility index (Phi) is 10.3. The van der Waals surface area contributed by atoms with Gasteiger partial charge in [0.2, 0.25) is 0 Å². The average Bonchev–Trinajstić information content (AvgIpc) is 3.44. The summed E-state index contributed by atoms with van der Waals surface area (Å²) >= 11 is 12.1. The van der Waals surface area contributed by atoms with Crippen molar-refractivity contribution in [1.29, 1.82) is 0 Å². The first-order valence-electron chi connectivity index (χ1n) is 13.0. The molecule has 0 spiro atoms. The van der Waals surface area contributed by atoms with Gasteiger partial charge in [-0.3, -0.25) is 15.5 Å². The van der Waals surface area contributed by atoms with Crippen molar-refractivity contribution < 1.29 is 38.2 Å². The van der Waals surface area contributed by atoms with Crippen LogP contribution >= 0.6 is 23.2 Å². The number of esters is 1. The van der Waals surface area contributed by atoms with Gasteiger partial charge in [-0.25, -0.2) is 9.59 Å². The van der Waals surface area contributed by atoms with Crippen molar-refractivity contribution in [1.82, 2.24) is 16.1 Å². The number of benzene rings is 2. The molecule has 2 heterocycles. The van der Waals surface area contributed by atoms with Crippen LogP contribution in [-0.2, 0) is 9.53 Å². The molecule has 0 bridgehead atoms. The van der Waals surface area contributed by atoms with E-state index in [-0.39, 0.29) is 45.0 Å². The second-order valence-corrected chi connectivity index (χ2v) is 9.97. The SMILES string of the molecule is CCOc1cc([C@H]2NC(=O)NC(C)=C2C(=O)OC)ccc1OC[C@@H](O)N/N=C\c1ccc(-c2cc([N+](=O)[O-])c(Cl)cc2Cl)o1. The molecule has 0 radical (unpaired) electrons. The Morgan fingerprint density at radius 3 is 2.68 bits per heavy atom. The first-order valence-corrected chi connectivity index (χ1v) is 13.7. The molecule has 4 N–H and O–H groups in total. The smallest absolute Gasteiger partial charge is 0.337 e. The quantitative estimate of drug-likeness (QED) is 0.0706. The Hall–Kier alpha value is -4.79. The maximum Gasteiger partial charge on any atom is 0.337 e. The number of nitro benzene ring substituents is 1. The lowest BCUT2D eigenvalue weighted by Crippen LogP contribution is -2.45. The number of nitrogens with zero attached hydrogens (tertiary/aromatic N) is 2. The highest BCUT2D eigenvalue weighted by Gasteiger charge is 2.32. The predicted octanol–water partition coefficient (Wildman–Crippen LogP) is 4.68. The molecule has 0 aliphatic carbocycles. The number of carbonyl (C=O) groups excluding carboxylic acids is 2. The van der Waals surface area contributed by atoms with E-state index in [9.17, 15) is 24.8 Å². The molecule has 0 unspecified atom stereocenters. The minimum Gasteiger partial charge on any atom is -0.490 e. The molecule has 1 aliphatic rings. The fraction of sp³-hybridized carbons (Fsp3) is 0.250. The second kappa shape index (κ2) is 14.1. The number of carbonyl (C=O) groups is 2. The molecule has 16 heteroatoms. The number of urea groups is 1. The van der Waals surface area contributed by atoms with E-state index in [0.29, 0.717) is 29.4 Å². The molecule has 232 valence electrons. The molecular formula is C28H27Cl2N5O9. The third-order valence-electron chi connectivity index (χ3n) is 6.21. The van der Waals surface area contributed by atoms with Gasteiger partial charge in [0.15, 0.2) is 17.7 Å². The lowest BCUT2D eigenvalue weighted by atomic mass is 9.95. The zero-order valence-corrected chi connectivity index (χ0v) is 25.1. The Morgan fingerprint density at radius 2 is 1.98 bits per heavy atom. The molecule has 0 saturated carbocycles. The number of aliphatic hydroxyl groups is 1. The van der Waals surface area contributed by atoms with Crippen molar-refractivity contribution in [2.45, 2.75) is 26.1 Å². The van der Waals surface area contributed by atoms with E-state index in [0.717, 1.165) is 0 Å². The van der Waals surface area contributed by atoms with Crippen molar-refractivity contribution in [2.24, 2.45) is 5.10 Å². The summed E-state index contributed by atoms with van der Waals surface area (Å²) in [5.74, 6) is 0.534. The molecule has 1 aliphatic heterocycles. The van der Waals surface area contributed by atoms with E-state index in [1.54, 1.807) is 44.2 Å². The fourth-order valence-electron chi connectivity index (χ4n) is 4.24. The van der Waals surface area contributed by atoms with Gasteiger partial charge >= 0.3 is 12.0 Å². The number of methoxy groups -OCH3 is 1. The molecule has 1 aromatic heterocycles. The maximum atomic E-state index is 12.4. The molecule has 0 fully saturated rings. The number of furan rings is 1. The minimum absolute atomic E-state index is 0.1000. The molecule has 3 aromatic rings. The largest absolute Gasteiger partial charge is 0.490 e. The highest BCUT2D eigenvalue weighted by molar-refractivity contribution is 6.37. The van der Waals surface area contributed by atoms with E-state index in [4.69, 9.17) is 41.8 Å². The number of hydrazone groups is 1. The van der Waals surface area contributed by atoms with Crippen molar-refractivity contribution in [3.63, 3.8) is 0 Å². The van der Waals surface area contributed by atoms with Crippen molar-refractivity contribution in [3.05, 3.63) is 85.2 Å². The standard InChI is InChI=1S/C28H27Cl2N5O9/c1-4-42-23-9-15(26-25(27(37)41-3)14(2)32-28(38)33-26)5-7-22(23)43-13-24(36)34-31-12-16-6-8-21(44-16)17-10-20(35(39)40)19(30)11-18(17)29/h5-12,24,26,34,36H,4,13H2,1-3H3,(H2,32,33,38)/b31-12-/t24-,26-/m1/s1. The third kappa shape index (κ3) is 7.40. The number of amides is 2. The summed E-state index contributed by atoms with van der Waals surface area (Å²) in [6.07, 6.45) is 0.0380. The number of halogens is 2. The van der Waals surface area contributed by atoms with Gasteiger partial charge in [-0.05, 0) is 49.7 Å². The number of ether oxygens (including phenoxy) is 3. The number of aliphatic hydroxyl groups excluding tert-OH is 1. The van der Waals surface area contributed by atoms with Crippen LogP contribution in [0, 0.1) is 10.1 Å². The molecule has 44 heavy (non-hydrogen) atoms. The third-order valence-corrected chi connectivity index (χ3v) is 6.83. The van der Waals surface area contributed by atoms with Crippen molar-refractivity contribution in [2.75, 3.05) is 20.3 Å². The number of hydrogen-bond acceptors (Lipinski definition) is 11. The highest BCUT2D eigenvalue weighted by atomic mass is 35.5. The Balaban J connectivity index is 1.41. The number of allylic oxidation sites excluding steroid dienone is 1. The van der Waals surface area contributed by atoms with Crippen LogP contribution in [0.1, 0.15) is 31.2 Å². The Bertz CT molecular complexity index is 1640. The normalized spacial score (nSPS) is 15.4. The number of nitrogens with one attached hydrogen (secondary N) is 3. The second-order valence-electron chi connectivity index (χ2n) is 9.16. The lowest BCUT2D eigenvalue weighted by molar-refractivity contribution is -0.384. The molecular weight excluding hydrogens is 621 g/mol. The van der Waals surface area contributed by atoms with Crippen LogP contribution in [0.3, 0.4) is 0 Å². The van der Waals surface area contributed by atoms with Gasteiger partial charge in [0.1, 0.15) is 23.2 Å². The van der Waals surface area contributed by atoms with Crippen LogP contribution in [0.5, 0.6) is 11.5 Å². The molecule has 2 aromatic carbocycles. The number of nitro groups is 1. The summed E-state index contributed by atoms with van der Waals surface area (Å²) in [5, 5.41) is 30.8. The van der Waals surface area contributed by atoms with Crippen molar-refractivity contribution in [3.8, 4) is 22.8 Å². The zero-order chi connectivity index (χ0) is 32.0. The molecule has 14 nitrogen and oxygen atoms in total. The molecule has 2 atom stereocenters. The molecule has 0 saturated heterocycles. The average molecular weight is 648 g/mol. The van der Waals surface area contributed by atoms with Gasteiger partial charge in [0.05, 0.1) is 41.5 Å². The van der Waals surface area contributed by atoms with E-state index < -0.39 is 29.2 Å². The van der Waals surface area contributed by atoms with Crippen LogP contribution < -0.4 is 25.5 Å². The Morgan fingerprint density at radius 1 is 1.20 bits per heavy atom. The monoisotopic (exact) mass is 647 g/mol. The van der Waals surface area contributed by atoms with Crippen LogP contribution in [0.15, 0.2) is 63.3 Å². The van der Waals surface area contributed by atoms with Gasteiger partial charge < -0.3 is 34.4 Å². The van der Waals surface area contributed by atoms with E-state index in [1.165, 1.54) is 25.5 Å². The number of hydrogen-bond donors (Lipinski definition) is 4. The van der Waals surface area contributed by atoms with Gasteiger partial charge in [-0.2, -0.15) is 5.10 Å². The summed E-state index contributed by atoms with van der Waals surface area (Å²) in [7, 11) is 1.25. The molecule has 4 rings (SSSR count). The number of rotatable bonds is 12. The first-order chi connectivity index (χ1) is 21.0. The van der Waals surface area contributed by atoms with E-state index >= 15 is 0 Å². The molecule has 2 amide bonds. The van der Waals surface area contributed by atoms with E-state index in [1.807, 2.05) is 0 Å². The Labute approximate surface area is 260 Å². The zero-order valence-electron chi connectivity index (χ0n) is 23.6. The summed E-state index contributed by atoms with van der Waals surface area (Å²) < 4.78 is 22.0. The summed E-state index contributed by atoms with van der Waals surface area (Å²) in [6, 6.07) is 9.19. The van der Waals surface area contributed by atoms with E-state index in [2.05, 4.69) is 21.2 Å². The van der Waals surface area contributed by atoms with Crippen molar-refractivity contribution >= 4 is 47.1 Å². The van der Waals surface area contributed by atoms with Gasteiger partial charge in [0, 0.05) is 17.3 Å². The van der Waals surface area contributed by atoms with Crippen LogP contribution in [0.4, 0.5) is 10.5 Å². The van der Waals surface area contributed by atoms with Gasteiger partial charge in [-0.1, -0.05) is 29.3 Å². The summed E-state index contributed by atoms with van der Waals surface area (Å²) in [5.41, 5.74) is 3.60. The first kappa shape index (κ1) is 32.1. The van der Waals surface area contributed by atoms with Gasteiger partial charge in [-0.15, -0.1) is 0 Å². The van der Waals surface area contributed by atoms with Crippen LogP contribution in [0.2, 0.25) is 10.0 Å².